The number of rotatable bonds is 4. The summed E-state index contributed by atoms with van der Waals surface area (Å²) in [5.74, 6) is 0.891. The van der Waals surface area contributed by atoms with E-state index in [9.17, 15) is 0 Å². The molecule has 0 aliphatic carbocycles. The molecule has 112 valence electrons. The molecule has 1 aromatic carbocycles. The molecule has 22 heavy (non-hydrogen) atoms. The lowest BCUT2D eigenvalue weighted by Gasteiger charge is -2.02. The van der Waals surface area contributed by atoms with E-state index in [1.807, 2.05) is 17.7 Å². The lowest BCUT2D eigenvalue weighted by Crippen LogP contribution is -2.25. The fourth-order valence-electron chi connectivity index (χ4n) is 2.63. The normalized spacial score (nSPS) is 11.4. The molecule has 0 unspecified atom stereocenters. The summed E-state index contributed by atoms with van der Waals surface area (Å²) in [7, 11) is 3.73. The quantitative estimate of drug-likeness (QED) is 0.671. The third kappa shape index (κ3) is 2.75. The summed E-state index contributed by atoms with van der Waals surface area (Å²) >= 11 is 0. The number of pyridine rings is 1. The van der Waals surface area contributed by atoms with E-state index >= 15 is 0 Å². The first-order valence-electron chi connectivity index (χ1n) is 7.51. The minimum Gasteiger partial charge on any atom is -0.497 e. The molecule has 0 aliphatic rings. The molecule has 3 aromatic rings. The molecule has 0 spiro atoms. The maximum Gasteiger partial charge on any atom is 0.169 e. The van der Waals surface area contributed by atoms with Gasteiger partial charge in [-0.3, -0.25) is 0 Å². The Morgan fingerprint density at radius 3 is 2.59 bits per heavy atom. The summed E-state index contributed by atoms with van der Waals surface area (Å²) in [5, 5.41) is 1.22. The highest BCUT2D eigenvalue weighted by Crippen LogP contribution is 2.27. The van der Waals surface area contributed by atoms with Crippen LogP contribution in [0.25, 0.3) is 23.1 Å². The first-order chi connectivity index (χ1) is 10.7. The van der Waals surface area contributed by atoms with Crippen LogP contribution in [0, 0.1) is 0 Å². The van der Waals surface area contributed by atoms with Crippen LogP contribution in [0.5, 0.6) is 5.75 Å². The number of aromatic nitrogens is 2. The topological polar surface area (TPSA) is 18.0 Å². The molecule has 2 heterocycles. The van der Waals surface area contributed by atoms with Gasteiger partial charge in [0.1, 0.15) is 12.8 Å². The summed E-state index contributed by atoms with van der Waals surface area (Å²) in [6.45, 7) is 3.12. The maximum atomic E-state index is 5.36. The van der Waals surface area contributed by atoms with E-state index in [-0.39, 0.29) is 0 Å². The van der Waals surface area contributed by atoms with Crippen molar-refractivity contribution < 1.29 is 9.30 Å². The van der Waals surface area contributed by atoms with E-state index in [4.69, 9.17) is 4.74 Å². The number of fused-ring (bicyclic) bond motifs is 1. The smallest absolute Gasteiger partial charge is 0.169 e. The maximum absolute atomic E-state index is 5.36. The molecule has 3 nitrogen and oxygen atoms in total. The van der Waals surface area contributed by atoms with Crippen LogP contribution in [0.2, 0.25) is 0 Å². The van der Waals surface area contributed by atoms with Gasteiger partial charge in [-0.1, -0.05) is 12.2 Å². The second-order valence-corrected chi connectivity index (χ2v) is 5.38. The van der Waals surface area contributed by atoms with Gasteiger partial charge in [0.2, 0.25) is 0 Å². The zero-order chi connectivity index (χ0) is 15.5. The van der Waals surface area contributed by atoms with Crippen molar-refractivity contribution in [1.82, 2.24) is 4.57 Å². The molecule has 0 amide bonds. The van der Waals surface area contributed by atoms with Crippen LogP contribution < -0.4 is 9.30 Å². The van der Waals surface area contributed by atoms with Gasteiger partial charge in [-0.2, -0.15) is 0 Å². The molecule has 0 atom stereocenters. The Labute approximate surface area is 131 Å². The predicted octanol–water partition coefficient (Wildman–Crippen LogP) is 3.66. The standard InChI is InChI=1S/C19H21N2O/c1-4-21-14-16(6-5-15-9-11-20(2)12-10-15)18-13-17(22-3)7-8-19(18)21/h5-14H,4H2,1-3H3/q+1. The second kappa shape index (κ2) is 6.06. The van der Waals surface area contributed by atoms with Gasteiger partial charge in [0, 0.05) is 41.3 Å². The van der Waals surface area contributed by atoms with Crippen LogP contribution in [0.1, 0.15) is 18.1 Å². The Morgan fingerprint density at radius 2 is 1.91 bits per heavy atom. The molecular formula is C19H21N2O+. The number of hydrogen-bond acceptors (Lipinski definition) is 1. The molecule has 0 aliphatic heterocycles. The van der Waals surface area contributed by atoms with Gasteiger partial charge in [-0.15, -0.1) is 0 Å². The van der Waals surface area contributed by atoms with Crippen molar-refractivity contribution in [2.24, 2.45) is 7.05 Å². The number of hydrogen-bond donors (Lipinski definition) is 0. The van der Waals surface area contributed by atoms with Gasteiger partial charge in [-0.05, 0) is 30.7 Å². The van der Waals surface area contributed by atoms with Crippen LogP contribution in [-0.4, -0.2) is 11.7 Å². The van der Waals surface area contributed by atoms with E-state index in [0.29, 0.717) is 0 Å². The molecule has 3 heteroatoms. The largest absolute Gasteiger partial charge is 0.497 e. The number of ether oxygens (including phenoxy) is 1. The summed E-state index contributed by atoms with van der Waals surface area (Å²) < 4.78 is 9.66. The van der Waals surface area contributed by atoms with E-state index in [2.05, 4.69) is 66.5 Å². The number of benzene rings is 1. The SMILES string of the molecule is CCn1cc(/C=C\c2cc[n+](C)cc2)c2cc(OC)ccc21. The Balaban J connectivity index is 2.03. The number of aryl methyl sites for hydroxylation is 2. The number of methoxy groups -OCH3 is 1. The molecule has 0 saturated heterocycles. The average molecular weight is 293 g/mol. The third-order valence-corrected chi connectivity index (χ3v) is 3.92. The Bertz CT molecular complexity index is 813. The monoisotopic (exact) mass is 293 g/mol. The van der Waals surface area contributed by atoms with Gasteiger partial charge >= 0.3 is 0 Å². The summed E-state index contributed by atoms with van der Waals surface area (Å²) in [5.41, 5.74) is 3.64. The van der Waals surface area contributed by atoms with Gasteiger partial charge < -0.3 is 9.30 Å². The van der Waals surface area contributed by atoms with Crippen molar-refractivity contribution in [3.8, 4) is 5.75 Å². The van der Waals surface area contributed by atoms with Gasteiger partial charge in [0.25, 0.3) is 0 Å². The van der Waals surface area contributed by atoms with Gasteiger partial charge in [-0.25, -0.2) is 4.57 Å². The molecular weight excluding hydrogens is 272 g/mol. The minimum atomic E-state index is 0.891. The van der Waals surface area contributed by atoms with Crippen LogP contribution in [-0.2, 0) is 13.6 Å². The lowest BCUT2D eigenvalue weighted by atomic mass is 10.1. The fraction of sp³-hybridized carbons (Fsp3) is 0.211. The summed E-state index contributed by atoms with van der Waals surface area (Å²) in [6, 6.07) is 10.5. The highest BCUT2D eigenvalue weighted by atomic mass is 16.5. The Hall–Kier alpha value is -2.55. The van der Waals surface area contributed by atoms with Crippen molar-refractivity contribution in [2.45, 2.75) is 13.5 Å². The zero-order valence-electron chi connectivity index (χ0n) is 13.3. The minimum absolute atomic E-state index is 0.891. The summed E-state index contributed by atoms with van der Waals surface area (Å²) in [6.07, 6.45) is 10.6. The van der Waals surface area contributed by atoms with Crippen molar-refractivity contribution in [2.75, 3.05) is 7.11 Å². The van der Waals surface area contributed by atoms with Gasteiger partial charge in [0.05, 0.1) is 7.11 Å². The van der Waals surface area contributed by atoms with Crippen molar-refractivity contribution in [1.29, 1.82) is 0 Å². The third-order valence-electron chi connectivity index (χ3n) is 3.92. The fourth-order valence-corrected chi connectivity index (χ4v) is 2.63. The number of nitrogens with zero attached hydrogens (tertiary/aromatic N) is 2. The Morgan fingerprint density at radius 1 is 1.14 bits per heavy atom. The molecule has 0 saturated carbocycles. The van der Waals surface area contributed by atoms with Crippen LogP contribution >= 0.6 is 0 Å². The van der Waals surface area contributed by atoms with E-state index in [1.165, 1.54) is 22.0 Å². The van der Waals surface area contributed by atoms with Crippen molar-refractivity contribution >= 4 is 23.1 Å². The van der Waals surface area contributed by atoms with Gasteiger partial charge in [0.15, 0.2) is 12.4 Å². The molecule has 0 bridgehead atoms. The highest BCUT2D eigenvalue weighted by molar-refractivity contribution is 5.93. The predicted molar refractivity (Wildman–Crippen MR) is 90.7 cm³/mol. The molecule has 2 aromatic heterocycles. The average Bonchev–Trinajstić information content (AvgIpc) is 2.91. The van der Waals surface area contributed by atoms with E-state index in [1.54, 1.807) is 7.11 Å². The van der Waals surface area contributed by atoms with Crippen LogP contribution in [0.3, 0.4) is 0 Å². The second-order valence-electron chi connectivity index (χ2n) is 5.38. The molecule has 0 fully saturated rings. The molecule has 0 N–H and O–H groups in total. The lowest BCUT2D eigenvalue weighted by molar-refractivity contribution is -0.671. The van der Waals surface area contributed by atoms with Crippen LogP contribution in [0.15, 0.2) is 48.9 Å². The first-order valence-corrected chi connectivity index (χ1v) is 7.51. The van der Waals surface area contributed by atoms with E-state index in [0.717, 1.165) is 12.3 Å². The zero-order valence-corrected chi connectivity index (χ0v) is 13.3. The van der Waals surface area contributed by atoms with Crippen LogP contribution in [0.4, 0.5) is 0 Å². The van der Waals surface area contributed by atoms with Crippen molar-refractivity contribution in [3.05, 3.63) is 60.0 Å². The molecule has 3 rings (SSSR count). The molecule has 0 radical (unpaired) electrons. The van der Waals surface area contributed by atoms with E-state index < -0.39 is 0 Å². The van der Waals surface area contributed by atoms with Crippen molar-refractivity contribution in [3.63, 3.8) is 0 Å². The highest BCUT2D eigenvalue weighted by Gasteiger charge is 2.07. The Kier molecular flexibility index (Phi) is 3.96. The summed E-state index contributed by atoms with van der Waals surface area (Å²) in [4.78, 5) is 0. The first kappa shape index (κ1) is 14.4.